The van der Waals surface area contributed by atoms with Gasteiger partial charge in [-0.05, 0) is 53.2 Å². The van der Waals surface area contributed by atoms with Gasteiger partial charge in [0.25, 0.3) is 0 Å². The van der Waals surface area contributed by atoms with Crippen LogP contribution in [0.5, 0.6) is 0 Å². The van der Waals surface area contributed by atoms with E-state index in [9.17, 15) is 8.78 Å². The van der Waals surface area contributed by atoms with E-state index in [2.05, 4.69) is 15.5 Å². The molecule has 3 aromatic rings. The number of nitrogens with zero attached hydrogens (tertiary/aromatic N) is 4. The summed E-state index contributed by atoms with van der Waals surface area (Å²) < 4.78 is 28.1. The lowest BCUT2D eigenvalue weighted by Crippen LogP contribution is -2.03. The zero-order valence-electron chi connectivity index (χ0n) is 11.1. The summed E-state index contributed by atoms with van der Waals surface area (Å²) in [5.74, 6) is -0.550. The van der Waals surface area contributed by atoms with Gasteiger partial charge in [0, 0.05) is 5.56 Å². The fourth-order valence-corrected chi connectivity index (χ4v) is 2.02. The van der Waals surface area contributed by atoms with Crippen LogP contribution in [0.15, 0.2) is 36.4 Å². The molecular weight excluding hydrogens is 276 g/mol. The SMILES string of the molecule is Cc1ccc(F)cc1-n1nnnc1-c1ccc(F)c(N)c1. The first-order chi connectivity index (χ1) is 10.1. The van der Waals surface area contributed by atoms with Crippen LogP contribution in [-0.4, -0.2) is 20.2 Å². The van der Waals surface area contributed by atoms with Gasteiger partial charge in [0.15, 0.2) is 5.82 Å². The first-order valence-corrected chi connectivity index (χ1v) is 6.16. The molecule has 3 rings (SSSR count). The molecule has 0 saturated heterocycles. The maximum absolute atomic E-state index is 13.4. The highest BCUT2D eigenvalue weighted by molar-refractivity contribution is 5.63. The Hall–Kier alpha value is -2.83. The molecule has 106 valence electrons. The molecule has 2 N–H and O–H groups in total. The Bertz CT molecular complexity index is 813. The van der Waals surface area contributed by atoms with Crippen molar-refractivity contribution in [2.24, 2.45) is 0 Å². The molecule has 7 heteroatoms. The van der Waals surface area contributed by atoms with Gasteiger partial charge in [0.2, 0.25) is 0 Å². The van der Waals surface area contributed by atoms with Crippen molar-refractivity contribution < 1.29 is 8.78 Å². The van der Waals surface area contributed by atoms with Gasteiger partial charge in [-0.25, -0.2) is 8.78 Å². The molecule has 0 fully saturated rings. The number of tetrazole rings is 1. The lowest BCUT2D eigenvalue weighted by Gasteiger charge is -2.08. The number of benzene rings is 2. The largest absolute Gasteiger partial charge is 0.396 e. The zero-order chi connectivity index (χ0) is 15.0. The van der Waals surface area contributed by atoms with Crippen molar-refractivity contribution in [2.45, 2.75) is 6.92 Å². The molecule has 0 spiro atoms. The van der Waals surface area contributed by atoms with Crippen LogP contribution >= 0.6 is 0 Å². The molecule has 0 radical (unpaired) electrons. The van der Waals surface area contributed by atoms with Crippen LogP contribution < -0.4 is 5.73 Å². The maximum Gasteiger partial charge on any atom is 0.187 e. The van der Waals surface area contributed by atoms with E-state index >= 15 is 0 Å². The predicted molar refractivity (Wildman–Crippen MR) is 73.7 cm³/mol. The van der Waals surface area contributed by atoms with Crippen LogP contribution in [0.1, 0.15) is 5.56 Å². The van der Waals surface area contributed by atoms with E-state index in [1.165, 1.54) is 35.0 Å². The van der Waals surface area contributed by atoms with Gasteiger partial charge in [-0.15, -0.1) is 5.10 Å². The van der Waals surface area contributed by atoms with E-state index in [4.69, 9.17) is 5.73 Å². The van der Waals surface area contributed by atoms with Crippen molar-refractivity contribution in [3.8, 4) is 17.1 Å². The molecule has 0 aliphatic heterocycles. The average molecular weight is 287 g/mol. The Balaban J connectivity index is 2.17. The number of hydrogen-bond acceptors (Lipinski definition) is 4. The van der Waals surface area contributed by atoms with E-state index in [0.717, 1.165) is 5.56 Å². The number of rotatable bonds is 2. The summed E-state index contributed by atoms with van der Waals surface area (Å²) in [6.45, 7) is 1.82. The molecule has 2 aromatic carbocycles. The van der Waals surface area contributed by atoms with E-state index in [-0.39, 0.29) is 5.69 Å². The fourth-order valence-electron chi connectivity index (χ4n) is 2.02. The standard InChI is InChI=1S/C14H11F2N5/c1-8-2-4-10(15)7-13(8)21-14(18-19-20-21)9-3-5-11(16)12(17)6-9/h2-7H,17H2,1H3. The van der Waals surface area contributed by atoms with Gasteiger partial charge in [0.05, 0.1) is 11.4 Å². The second-order valence-corrected chi connectivity index (χ2v) is 4.58. The van der Waals surface area contributed by atoms with Gasteiger partial charge in [-0.2, -0.15) is 4.68 Å². The van der Waals surface area contributed by atoms with Crippen molar-refractivity contribution in [2.75, 3.05) is 5.73 Å². The molecule has 21 heavy (non-hydrogen) atoms. The topological polar surface area (TPSA) is 69.6 Å². The number of aromatic nitrogens is 4. The van der Waals surface area contributed by atoms with Crippen LogP contribution in [-0.2, 0) is 0 Å². The van der Waals surface area contributed by atoms with E-state index < -0.39 is 11.6 Å². The summed E-state index contributed by atoms with van der Waals surface area (Å²) in [6.07, 6.45) is 0. The number of halogens is 2. The van der Waals surface area contributed by atoms with Gasteiger partial charge in [-0.1, -0.05) is 6.07 Å². The van der Waals surface area contributed by atoms with E-state index in [0.29, 0.717) is 17.1 Å². The van der Waals surface area contributed by atoms with Crippen LogP contribution in [0.4, 0.5) is 14.5 Å². The number of aryl methyl sites for hydroxylation is 1. The zero-order valence-corrected chi connectivity index (χ0v) is 11.1. The molecule has 1 heterocycles. The van der Waals surface area contributed by atoms with Crippen LogP contribution in [0.3, 0.4) is 0 Å². The second-order valence-electron chi connectivity index (χ2n) is 4.58. The molecule has 0 aliphatic carbocycles. The Morgan fingerprint density at radius 2 is 1.90 bits per heavy atom. The minimum absolute atomic E-state index is 0.00184. The Morgan fingerprint density at radius 3 is 2.67 bits per heavy atom. The van der Waals surface area contributed by atoms with Crippen LogP contribution in [0, 0.1) is 18.6 Å². The van der Waals surface area contributed by atoms with E-state index in [1.54, 1.807) is 6.07 Å². The summed E-state index contributed by atoms with van der Waals surface area (Å²) in [5, 5.41) is 11.4. The van der Waals surface area contributed by atoms with E-state index in [1.807, 2.05) is 6.92 Å². The molecule has 0 aliphatic rings. The van der Waals surface area contributed by atoms with Gasteiger partial charge < -0.3 is 5.73 Å². The molecule has 1 aromatic heterocycles. The molecule has 5 nitrogen and oxygen atoms in total. The quantitative estimate of drug-likeness (QED) is 0.735. The Kier molecular flexibility index (Phi) is 3.09. The number of nitrogens with two attached hydrogens (primary N) is 1. The minimum atomic E-state index is -0.514. The minimum Gasteiger partial charge on any atom is -0.396 e. The monoisotopic (exact) mass is 287 g/mol. The van der Waals surface area contributed by atoms with Crippen LogP contribution in [0.25, 0.3) is 17.1 Å². The highest BCUT2D eigenvalue weighted by Crippen LogP contribution is 2.24. The van der Waals surface area contributed by atoms with Crippen molar-refractivity contribution in [1.29, 1.82) is 0 Å². The lowest BCUT2D eigenvalue weighted by molar-refractivity contribution is 0.624. The summed E-state index contributed by atoms with van der Waals surface area (Å²) in [7, 11) is 0. The normalized spacial score (nSPS) is 10.8. The third-order valence-corrected chi connectivity index (χ3v) is 3.12. The Labute approximate surface area is 119 Å². The number of anilines is 1. The Morgan fingerprint density at radius 1 is 1.10 bits per heavy atom. The summed E-state index contributed by atoms with van der Waals surface area (Å²) >= 11 is 0. The first kappa shape index (κ1) is 13.2. The molecule has 0 amide bonds. The number of nitrogen functional groups attached to an aromatic ring is 1. The average Bonchev–Trinajstić information content (AvgIpc) is 2.93. The second kappa shape index (κ2) is 4.93. The highest BCUT2D eigenvalue weighted by Gasteiger charge is 2.14. The summed E-state index contributed by atoms with van der Waals surface area (Å²) in [6, 6.07) is 8.52. The van der Waals surface area contributed by atoms with Crippen LogP contribution in [0.2, 0.25) is 0 Å². The van der Waals surface area contributed by atoms with Crippen molar-refractivity contribution >= 4 is 5.69 Å². The fraction of sp³-hybridized carbons (Fsp3) is 0.0714. The highest BCUT2D eigenvalue weighted by atomic mass is 19.1. The third-order valence-electron chi connectivity index (χ3n) is 3.12. The lowest BCUT2D eigenvalue weighted by atomic mass is 10.1. The third kappa shape index (κ3) is 2.33. The summed E-state index contributed by atoms with van der Waals surface area (Å²) in [5.41, 5.74) is 7.42. The van der Waals surface area contributed by atoms with Crippen molar-refractivity contribution in [3.63, 3.8) is 0 Å². The summed E-state index contributed by atoms with van der Waals surface area (Å²) in [4.78, 5) is 0. The van der Waals surface area contributed by atoms with Gasteiger partial charge >= 0.3 is 0 Å². The van der Waals surface area contributed by atoms with Crippen molar-refractivity contribution in [1.82, 2.24) is 20.2 Å². The molecular formula is C14H11F2N5. The van der Waals surface area contributed by atoms with Gasteiger partial charge in [0.1, 0.15) is 11.6 Å². The van der Waals surface area contributed by atoms with Gasteiger partial charge in [-0.3, -0.25) is 0 Å². The first-order valence-electron chi connectivity index (χ1n) is 6.16. The number of hydrogen-bond donors (Lipinski definition) is 1. The molecule has 0 saturated carbocycles. The maximum atomic E-state index is 13.4. The molecule has 0 atom stereocenters. The molecule has 0 unspecified atom stereocenters. The predicted octanol–water partition coefficient (Wildman–Crippen LogP) is 2.50. The van der Waals surface area contributed by atoms with Crippen molar-refractivity contribution in [3.05, 3.63) is 53.6 Å². The smallest absolute Gasteiger partial charge is 0.187 e. The molecule has 0 bridgehead atoms.